The Balaban J connectivity index is 2.61. The topological polar surface area (TPSA) is 28.4 Å². The maximum atomic E-state index is 5.82. The molecule has 0 aliphatic rings. The molecule has 0 atom stereocenters. The summed E-state index contributed by atoms with van der Waals surface area (Å²) in [6, 6.07) is 2.16. The minimum atomic E-state index is 0.126. The second kappa shape index (κ2) is 6.40. The monoisotopic (exact) mass is 264 g/mol. The van der Waals surface area contributed by atoms with Crippen LogP contribution in [0.15, 0.2) is 22.6 Å². The summed E-state index contributed by atoms with van der Waals surface area (Å²) in [6.45, 7) is 17.1. The molecule has 0 saturated heterocycles. The van der Waals surface area contributed by atoms with Gasteiger partial charge in [-0.3, -0.25) is 4.90 Å². The summed E-state index contributed by atoms with van der Waals surface area (Å²) in [5.74, 6) is 2.03. The van der Waals surface area contributed by atoms with Crippen LogP contribution in [0.2, 0.25) is 0 Å². The van der Waals surface area contributed by atoms with Crippen LogP contribution in [0.1, 0.15) is 44.8 Å². The van der Waals surface area contributed by atoms with E-state index in [1.54, 1.807) is 0 Å². The number of nitrogens with zero attached hydrogens (tertiary/aromatic N) is 1. The number of likely N-dealkylation sites (N-methyl/N-ethyl adjacent to an activating group) is 1. The molecule has 0 saturated carbocycles. The van der Waals surface area contributed by atoms with Crippen molar-refractivity contribution < 1.29 is 4.42 Å². The van der Waals surface area contributed by atoms with E-state index < -0.39 is 0 Å². The predicted molar refractivity (Wildman–Crippen MR) is 81.2 cm³/mol. The van der Waals surface area contributed by atoms with Gasteiger partial charge >= 0.3 is 0 Å². The first-order valence-corrected chi connectivity index (χ1v) is 6.83. The van der Waals surface area contributed by atoms with E-state index in [0.29, 0.717) is 0 Å². The maximum Gasteiger partial charge on any atom is 0.118 e. The molecule has 0 amide bonds. The summed E-state index contributed by atoms with van der Waals surface area (Å²) in [5, 5.41) is 3.49. The molecule has 1 N–H and O–H groups in total. The average molecular weight is 264 g/mol. The smallest absolute Gasteiger partial charge is 0.118 e. The number of hydrogen-bond donors (Lipinski definition) is 1. The van der Waals surface area contributed by atoms with Gasteiger partial charge in [0.2, 0.25) is 0 Å². The number of aryl methyl sites for hydroxylation is 1. The van der Waals surface area contributed by atoms with Crippen molar-refractivity contribution in [1.29, 1.82) is 0 Å². The van der Waals surface area contributed by atoms with Crippen LogP contribution in [0.25, 0.3) is 0 Å². The van der Waals surface area contributed by atoms with Crippen LogP contribution >= 0.6 is 0 Å². The molecule has 0 radical (unpaired) electrons. The zero-order chi connectivity index (χ0) is 14.6. The molecule has 0 aliphatic carbocycles. The molecule has 19 heavy (non-hydrogen) atoms. The minimum absolute atomic E-state index is 0.126. The lowest BCUT2D eigenvalue weighted by Gasteiger charge is -2.20. The van der Waals surface area contributed by atoms with Gasteiger partial charge in [-0.15, -0.1) is 0 Å². The van der Waals surface area contributed by atoms with Crippen LogP contribution in [0.5, 0.6) is 0 Å². The van der Waals surface area contributed by atoms with Crippen molar-refractivity contribution in [2.45, 2.75) is 53.2 Å². The predicted octanol–water partition coefficient (Wildman–Crippen LogP) is 3.48. The average Bonchev–Trinajstić information content (AvgIpc) is 2.53. The van der Waals surface area contributed by atoms with Crippen LogP contribution in [0.4, 0.5) is 0 Å². The Hall–Kier alpha value is -1.06. The zero-order valence-electron chi connectivity index (χ0n) is 13.3. The molecule has 1 aromatic heterocycles. The van der Waals surface area contributed by atoms with Crippen molar-refractivity contribution >= 4 is 0 Å². The molecule has 0 fully saturated rings. The van der Waals surface area contributed by atoms with E-state index in [0.717, 1.165) is 31.2 Å². The summed E-state index contributed by atoms with van der Waals surface area (Å²) in [6.07, 6.45) is 0. The molecular weight excluding hydrogens is 236 g/mol. The van der Waals surface area contributed by atoms with E-state index in [2.05, 4.69) is 50.7 Å². The van der Waals surface area contributed by atoms with Crippen molar-refractivity contribution in [3.63, 3.8) is 0 Å². The van der Waals surface area contributed by atoms with E-state index in [4.69, 9.17) is 4.42 Å². The third kappa shape index (κ3) is 6.08. The fourth-order valence-electron chi connectivity index (χ4n) is 1.98. The van der Waals surface area contributed by atoms with Gasteiger partial charge in [0.25, 0.3) is 0 Å². The fourth-order valence-corrected chi connectivity index (χ4v) is 1.98. The molecule has 3 heteroatoms. The summed E-state index contributed by atoms with van der Waals surface area (Å²) >= 11 is 0. The first kappa shape index (κ1) is 16.0. The van der Waals surface area contributed by atoms with Crippen LogP contribution in [-0.2, 0) is 13.1 Å². The number of rotatable bonds is 6. The molecule has 1 rings (SSSR count). The van der Waals surface area contributed by atoms with Crippen molar-refractivity contribution in [3.05, 3.63) is 35.3 Å². The van der Waals surface area contributed by atoms with Crippen molar-refractivity contribution in [1.82, 2.24) is 10.2 Å². The van der Waals surface area contributed by atoms with Crippen LogP contribution in [-0.4, -0.2) is 24.0 Å². The molecular formula is C16H28N2O. The maximum absolute atomic E-state index is 5.82. The van der Waals surface area contributed by atoms with E-state index in [1.807, 2.05) is 13.8 Å². The molecule has 108 valence electrons. The van der Waals surface area contributed by atoms with Gasteiger partial charge < -0.3 is 9.73 Å². The van der Waals surface area contributed by atoms with Gasteiger partial charge in [-0.2, -0.15) is 0 Å². The molecule has 1 aromatic rings. The molecule has 1 heterocycles. The quantitative estimate of drug-likeness (QED) is 0.797. The van der Waals surface area contributed by atoms with Crippen molar-refractivity contribution in [2.24, 2.45) is 0 Å². The fraction of sp³-hybridized carbons (Fsp3) is 0.625. The van der Waals surface area contributed by atoms with Crippen LogP contribution in [0.3, 0.4) is 0 Å². The van der Waals surface area contributed by atoms with Gasteiger partial charge in [0, 0.05) is 24.2 Å². The Morgan fingerprint density at radius 3 is 2.58 bits per heavy atom. The van der Waals surface area contributed by atoms with E-state index >= 15 is 0 Å². The third-order valence-electron chi connectivity index (χ3n) is 2.85. The Morgan fingerprint density at radius 2 is 2.05 bits per heavy atom. The first-order valence-electron chi connectivity index (χ1n) is 6.83. The largest absolute Gasteiger partial charge is 0.465 e. The Labute approximate surface area is 117 Å². The minimum Gasteiger partial charge on any atom is -0.465 e. The molecule has 0 spiro atoms. The van der Waals surface area contributed by atoms with Crippen molar-refractivity contribution in [2.75, 3.05) is 13.6 Å². The van der Waals surface area contributed by atoms with Gasteiger partial charge in [-0.25, -0.2) is 0 Å². The lowest BCUT2D eigenvalue weighted by molar-refractivity contribution is 0.313. The van der Waals surface area contributed by atoms with E-state index in [9.17, 15) is 0 Å². The number of nitrogens with one attached hydrogen (secondary N) is 1. The van der Waals surface area contributed by atoms with Gasteiger partial charge in [-0.1, -0.05) is 12.2 Å². The standard InChI is InChI=1S/C16H28N2O/c1-12(2)10-18(7)11-15-8-14(13(3)19-15)9-17-16(4,5)6/h8,17H,1,9-11H2,2-7H3. The highest BCUT2D eigenvalue weighted by Gasteiger charge is 2.13. The summed E-state index contributed by atoms with van der Waals surface area (Å²) < 4.78 is 5.82. The molecule has 0 aliphatic heterocycles. The third-order valence-corrected chi connectivity index (χ3v) is 2.85. The molecule has 0 aromatic carbocycles. The van der Waals surface area contributed by atoms with E-state index in [-0.39, 0.29) is 5.54 Å². The van der Waals surface area contributed by atoms with Crippen LogP contribution < -0.4 is 5.32 Å². The van der Waals surface area contributed by atoms with Gasteiger partial charge in [0.1, 0.15) is 11.5 Å². The van der Waals surface area contributed by atoms with Gasteiger partial charge in [-0.05, 0) is 47.7 Å². The first-order chi connectivity index (χ1) is 8.67. The Kier molecular flexibility index (Phi) is 5.39. The molecule has 0 bridgehead atoms. The highest BCUT2D eigenvalue weighted by atomic mass is 16.3. The number of hydrogen-bond acceptors (Lipinski definition) is 3. The second-order valence-electron chi connectivity index (χ2n) is 6.53. The second-order valence-corrected chi connectivity index (χ2v) is 6.53. The Morgan fingerprint density at radius 1 is 1.42 bits per heavy atom. The molecule has 0 unspecified atom stereocenters. The summed E-state index contributed by atoms with van der Waals surface area (Å²) in [4.78, 5) is 2.21. The molecule has 3 nitrogen and oxygen atoms in total. The van der Waals surface area contributed by atoms with Gasteiger partial charge in [0.15, 0.2) is 0 Å². The lowest BCUT2D eigenvalue weighted by Crippen LogP contribution is -2.35. The Bertz CT molecular complexity index is 426. The summed E-state index contributed by atoms with van der Waals surface area (Å²) in [7, 11) is 2.08. The number of furan rings is 1. The normalized spacial score (nSPS) is 12.2. The highest BCUT2D eigenvalue weighted by Crippen LogP contribution is 2.17. The zero-order valence-corrected chi connectivity index (χ0v) is 13.3. The highest BCUT2D eigenvalue weighted by molar-refractivity contribution is 5.21. The van der Waals surface area contributed by atoms with Crippen molar-refractivity contribution in [3.8, 4) is 0 Å². The van der Waals surface area contributed by atoms with E-state index in [1.165, 1.54) is 11.1 Å². The summed E-state index contributed by atoms with van der Waals surface area (Å²) in [5.41, 5.74) is 2.54. The lowest BCUT2D eigenvalue weighted by atomic mass is 10.1. The van der Waals surface area contributed by atoms with Crippen LogP contribution in [0, 0.1) is 6.92 Å². The van der Waals surface area contributed by atoms with Gasteiger partial charge in [0.05, 0.1) is 6.54 Å². The SMILES string of the molecule is C=C(C)CN(C)Cc1cc(CNC(C)(C)C)c(C)o1.